The molecule has 28 heavy (non-hydrogen) atoms. The molecule has 0 aliphatic carbocycles. The molecule has 0 saturated carbocycles. The third-order valence-electron chi connectivity index (χ3n) is 3.46. The lowest BCUT2D eigenvalue weighted by Crippen LogP contribution is -2.34. The number of anilines is 1. The summed E-state index contributed by atoms with van der Waals surface area (Å²) >= 11 is 9.10. The smallest absolute Gasteiger partial charge is 0.326 e. The van der Waals surface area contributed by atoms with Gasteiger partial charge < -0.3 is 10.1 Å². The minimum absolute atomic E-state index is 0.0142. The van der Waals surface area contributed by atoms with Crippen molar-refractivity contribution in [3.05, 3.63) is 69.7 Å². The van der Waals surface area contributed by atoms with Crippen LogP contribution in [-0.4, -0.2) is 26.9 Å². The average Bonchev–Trinajstić information content (AvgIpc) is 2.66. The molecule has 0 radical (unpaired) electrons. The van der Waals surface area contributed by atoms with Gasteiger partial charge in [0.2, 0.25) is 0 Å². The van der Waals surface area contributed by atoms with Gasteiger partial charge in [0.1, 0.15) is 10.9 Å². The van der Waals surface area contributed by atoms with Crippen molar-refractivity contribution in [1.82, 2.24) is 20.3 Å². The normalized spacial score (nSPS) is 10.2. The number of amides is 3. The van der Waals surface area contributed by atoms with Gasteiger partial charge in [0.25, 0.3) is 5.91 Å². The van der Waals surface area contributed by atoms with E-state index >= 15 is 0 Å². The van der Waals surface area contributed by atoms with E-state index in [1.54, 1.807) is 43.6 Å². The molecule has 0 spiro atoms. The maximum atomic E-state index is 12.1. The van der Waals surface area contributed by atoms with Gasteiger partial charge in [-0.2, -0.15) is 0 Å². The largest absolute Gasteiger partial charge is 0.424 e. The predicted molar refractivity (Wildman–Crippen MR) is 107 cm³/mol. The Bertz CT molecular complexity index is 1030. The van der Waals surface area contributed by atoms with E-state index in [-0.39, 0.29) is 16.7 Å². The highest BCUT2D eigenvalue weighted by Crippen LogP contribution is 2.25. The lowest BCUT2D eigenvalue weighted by Gasteiger charge is -2.11. The third kappa shape index (κ3) is 5.02. The summed E-state index contributed by atoms with van der Waals surface area (Å²) < 4.78 is 6.35. The van der Waals surface area contributed by atoms with Gasteiger partial charge in [-0.25, -0.2) is 19.7 Å². The van der Waals surface area contributed by atoms with Crippen LogP contribution in [0.3, 0.4) is 0 Å². The van der Waals surface area contributed by atoms with Crippen LogP contribution in [0.4, 0.5) is 10.5 Å². The third-order valence-corrected chi connectivity index (χ3v) is 4.17. The molecular weight excluding hydrogens is 450 g/mol. The van der Waals surface area contributed by atoms with Crippen LogP contribution in [-0.2, 0) is 0 Å². The van der Waals surface area contributed by atoms with Crippen LogP contribution in [0.1, 0.15) is 15.9 Å². The number of urea groups is 1. The molecule has 8 nitrogen and oxygen atoms in total. The zero-order valence-corrected chi connectivity index (χ0v) is 16.8. The molecule has 0 fully saturated rings. The minimum Gasteiger partial charge on any atom is -0.424 e. The molecule has 0 unspecified atom stereocenters. The quantitative estimate of drug-likeness (QED) is 0.558. The standard InChI is InChI=1S/C18H13BrClN5O3/c1-10-7-12(4-5-14(10)28-18-22-8-11(19)9-23-18)24-17(27)25-16(26)13-3-2-6-21-15(13)20/h2-9H,1H3,(H2,24,25,26,27). The van der Waals surface area contributed by atoms with Crippen molar-refractivity contribution in [3.63, 3.8) is 0 Å². The summed E-state index contributed by atoms with van der Waals surface area (Å²) in [5.74, 6) is -0.119. The predicted octanol–water partition coefficient (Wildman–Crippen LogP) is 4.35. The Balaban J connectivity index is 1.63. The fourth-order valence-corrected chi connectivity index (χ4v) is 2.59. The molecule has 10 heteroatoms. The monoisotopic (exact) mass is 461 g/mol. The number of halogens is 2. The summed E-state index contributed by atoms with van der Waals surface area (Å²) in [7, 11) is 0. The van der Waals surface area contributed by atoms with E-state index in [1.807, 2.05) is 0 Å². The average molecular weight is 463 g/mol. The van der Waals surface area contributed by atoms with Crippen LogP contribution in [0.5, 0.6) is 11.8 Å². The topological polar surface area (TPSA) is 106 Å². The molecule has 0 bridgehead atoms. The number of ether oxygens (including phenoxy) is 1. The molecule has 0 aliphatic rings. The number of carbonyl (C=O) groups excluding carboxylic acids is 2. The number of imide groups is 1. The zero-order valence-electron chi connectivity index (χ0n) is 14.4. The van der Waals surface area contributed by atoms with Crippen molar-refractivity contribution in [2.45, 2.75) is 6.92 Å². The maximum Gasteiger partial charge on any atom is 0.326 e. The van der Waals surface area contributed by atoms with Crippen LogP contribution in [0.25, 0.3) is 0 Å². The molecule has 3 amide bonds. The second kappa shape index (κ2) is 8.77. The molecule has 2 aromatic heterocycles. The number of hydrogen-bond donors (Lipinski definition) is 2. The Hall–Kier alpha value is -3.04. The Labute approximate surface area is 173 Å². The van der Waals surface area contributed by atoms with E-state index in [2.05, 4.69) is 41.5 Å². The number of nitrogens with one attached hydrogen (secondary N) is 2. The Morgan fingerprint density at radius 2 is 1.89 bits per heavy atom. The fourth-order valence-electron chi connectivity index (χ4n) is 2.18. The van der Waals surface area contributed by atoms with Gasteiger partial charge in [0.05, 0.1) is 10.0 Å². The summed E-state index contributed by atoms with van der Waals surface area (Å²) in [5.41, 5.74) is 1.32. The van der Waals surface area contributed by atoms with Crippen molar-refractivity contribution in [3.8, 4) is 11.8 Å². The van der Waals surface area contributed by atoms with E-state index in [0.717, 1.165) is 10.0 Å². The van der Waals surface area contributed by atoms with Gasteiger partial charge in [-0.15, -0.1) is 0 Å². The second-order valence-electron chi connectivity index (χ2n) is 5.52. The van der Waals surface area contributed by atoms with Gasteiger partial charge in [0, 0.05) is 24.3 Å². The van der Waals surface area contributed by atoms with Crippen LogP contribution < -0.4 is 15.4 Å². The lowest BCUT2D eigenvalue weighted by molar-refractivity contribution is 0.0967. The van der Waals surface area contributed by atoms with Gasteiger partial charge in [-0.1, -0.05) is 11.6 Å². The summed E-state index contributed by atoms with van der Waals surface area (Å²) in [6.07, 6.45) is 4.60. The molecular formula is C18H13BrClN5O3. The van der Waals surface area contributed by atoms with E-state index in [4.69, 9.17) is 16.3 Å². The van der Waals surface area contributed by atoms with Crippen molar-refractivity contribution < 1.29 is 14.3 Å². The first-order chi connectivity index (χ1) is 13.4. The van der Waals surface area contributed by atoms with E-state index in [1.165, 1.54) is 12.3 Å². The SMILES string of the molecule is Cc1cc(NC(=O)NC(=O)c2cccnc2Cl)ccc1Oc1ncc(Br)cn1. The van der Waals surface area contributed by atoms with Gasteiger partial charge in [0.15, 0.2) is 0 Å². The molecule has 142 valence electrons. The van der Waals surface area contributed by atoms with E-state index in [0.29, 0.717) is 11.4 Å². The van der Waals surface area contributed by atoms with Crippen molar-refractivity contribution in [2.75, 3.05) is 5.32 Å². The molecule has 1 aromatic carbocycles. The first kappa shape index (κ1) is 19.7. The maximum absolute atomic E-state index is 12.1. The second-order valence-corrected chi connectivity index (χ2v) is 6.79. The summed E-state index contributed by atoms with van der Waals surface area (Å²) in [6, 6.07) is 7.50. The molecule has 0 atom stereocenters. The van der Waals surface area contributed by atoms with Crippen molar-refractivity contribution in [2.24, 2.45) is 0 Å². The van der Waals surface area contributed by atoms with Crippen LogP contribution in [0.2, 0.25) is 5.15 Å². The Morgan fingerprint density at radius 3 is 2.57 bits per heavy atom. The van der Waals surface area contributed by atoms with Gasteiger partial charge >= 0.3 is 12.0 Å². The lowest BCUT2D eigenvalue weighted by atomic mass is 10.2. The zero-order chi connectivity index (χ0) is 20.1. The van der Waals surface area contributed by atoms with Crippen LogP contribution >= 0.6 is 27.5 Å². The number of nitrogens with zero attached hydrogens (tertiary/aromatic N) is 3. The first-order valence-corrected chi connectivity index (χ1v) is 9.08. The number of rotatable bonds is 4. The number of carbonyl (C=O) groups is 2. The number of aromatic nitrogens is 3. The van der Waals surface area contributed by atoms with Gasteiger partial charge in [-0.05, 0) is 58.7 Å². The fraction of sp³-hybridized carbons (Fsp3) is 0.0556. The Morgan fingerprint density at radius 1 is 1.14 bits per heavy atom. The highest BCUT2D eigenvalue weighted by molar-refractivity contribution is 9.10. The number of pyridine rings is 1. The summed E-state index contributed by atoms with van der Waals surface area (Å²) in [4.78, 5) is 36.0. The van der Waals surface area contributed by atoms with Crippen molar-refractivity contribution >= 4 is 45.2 Å². The molecule has 0 saturated heterocycles. The number of benzene rings is 1. The van der Waals surface area contributed by atoms with Gasteiger partial charge in [-0.3, -0.25) is 10.1 Å². The first-order valence-electron chi connectivity index (χ1n) is 7.91. The summed E-state index contributed by atoms with van der Waals surface area (Å²) in [6.45, 7) is 1.80. The van der Waals surface area contributed by atoms with Crippen molar-refractivity contribution in [1.29, 1.82) is 0 Å². The van der Waals surface area contributed by atoms with E-state index < -0.39 is 11.9 Å². The Kier molecular flexibility index (Phi) is 6.17. The van der Waals surface area contributed by atoms with Crippen LogP contribution in [0.15, 0.2) is 53.4 Å². The minimum atomic E-state index is -0.700. The molecule has 0 aliphatic heterocycles. The number of hydrogen-bond acceptors (Lipinski definition) is 6. The highest BCUT2D eigenvalue weighted by atomic mass is 79.9. The highest BCUT2D eigenvalue weighted by Gasteiger charge is 2.14. The number of aryl methyl sites for hydroxylation is 1. The molecule has 2 heterocycles. The molecule has 2 N–H and O–H groups in total. The van der Waals surface area contributed by atoms with E-state index in [9.17, 15) is 9.59 Å². The molecule has 3 rings (SSSR count). The summed E-state index contributed by atoms with van der Waals surface area (Å²) in [5, 5.41) is 4.78. The molecule has 3 aromatic rings. The van der Waals surface area contributed by atoms with Crippen LogP contribution in [0, 0.1) is 6.92 Å².